The molecule has 1 aliphatic carbocycles. The number of anilines is 1. The molecule has 2 N–H and O–H groups in total. The van der Waals surface area contributed by atoms with Crippen molar-refractivity contribution in [1.29, 1.82) is 0 Å². The summed E-state index contributed by atoms with van der Waals surface area (Å²) in [5, 5.41) is 1.79. The average molecular weight is 446 g/mol. The third-order valence-corrected chi connectivity index (χ3v) is 7.98. The number of hydrogen-bond acceptors (Lipinski definition) is 7. The molecule has 1 saturated carbocycles. The van der Waals surface area contributed by atoms with E-state index in [1.54, 1.807) is 35.8 Å². The van der Waals surface area contributed by atoms with E-state index in [2.05, 4.69) is 14.9 Å². The van der Waals surface area contributed by atoms with Gasteiger partial charge in [0.05, 0.1) is 11.7 Å². The normalized spacial score (nSPS) is 26.4. The number of fused-ring (bicyclic) bond motifs is 1. The van der Waals surface area contributed by atoms with Crippen molar-refractivity contribution in [3.8, 4) is 22.6 Å². The van der Waals surface area contributed by atoms with Gasteiger partial charge in [-0.25, -0.2) is 20.2 Å². The Bertz CT molecular complexity index is 1350. The first-order valence-corrected chi connectivity index (χ1v) is 11.5. The molecule has 7 rings (SSSR count). The molecule has 8 nitrogen and oxygen atoms in total. The van der Waals surface area contributed by atoms with Gasteiger partial charge in [0.2, 0.25) is 5.95 Å². The van der Waals surface area contributed by atoms with Gasteiger partial charge in [0.15, 0.2) is 0 Å². The molecule has 0 amide bonds. The second-order valence-electron chi connectivity index (χ2n) is 9.35. The van der Waals surface area contributed by atoms with E-state index in [1.807, 2.05) is 10.5 Å². The molecule has 2 aliphatic heterocycles. The summed E-state index contributed by atoms with van der Waals surface area (Å²) in [5.41, 5.74) is 3.08. The maximum absolute atomic E-state index is 13.5. The van der Waals surface area contributed by atoms with Crippen molar-refractivity contribution in [1.82, 2.24) is 24.3 Å². The Balaban J connectivity index is 1.29. The van der Waals surface area contributed by atoms with Crippen molar-refractivity contribution in [2.24, 2.45) is 11.8 Å². The smallest absolute Gasteiger partial charge is 0.306 e. The highest BCUT2D eigenvalue weighted by Crippen LogP contribution is 2.55. The molecule has 0 radical (unpaired) electrons. The molecule has 3 aliphatic rings. The summed E-state index contributed by atoms with van der Waals surface area (Å²) in [7, 11) is 0. The molecule has 1 aromatic carbocycles. The Morgan fingerprint density at radius 3 is 2.91 bits per heavy atom. The van der Waals surface area contributed by atoms with Crippen LogP contribution in [0.2, 0.25) is 0 Å². The van der Waals surface area contributed by atoms with Crippen LogP contribution < -0.4 is 10.9 Å². The van der Waals surface area contributed by atoms with Gasteiger partial charge in [0, 0.05) is 30.0 Å². The number of imidazole rings is 1. The van der Waals surface area contributed by atoms with E-state index in [0.29, 0.717) is 23.2 Å². The standard InChI is InChI=1S/C24H24FN7O/c25-17-5-3-15(4-6-17)20-21(31-12-13-33-23(31)29-20)18-7-10-27-22(28-18)32(26)19-14-30-11-8-16-2-1-9-24(16,19)30/h3-7,10,12-13,16,19H,1-2,8-9,11,14,26H2. The Labute approximate surface area is 189 Å². The highest BCUT2D eigenvalue weighted by molar-refractivity contribution is 5.79. The van der Waals surface area contributed by atoms with Gasteiger partial charge in [-0.05, 0) is 62.1 Å². The van der Waals surface area contributed by atoms with Crippen LogP contribution in [0.5, 0.6) is 0 Å². The molecule has 3 atom stereocenters. The summed E-state index contributed by atoms with van der Waals surface area (Å²) in [5.74, 6) is 8.06. The SMILES string of the molecule is NN(c1nccc(-c2c(-c3ccc(F)cc3)nc3occn23)n1)C1CN2CCC3CCCC312. The van der Waals surface area contributed by atoms with E-state index in [9.17, 15) is 4.39 Å². The molecule has 3 unspecified atom stereocenters. The van der Waals surface area contributed by atoms with Gasteiger partial charge in [0.1, 0.15) is 23.5 Å². The minimum atomic E-state index is -0.294. The minimum Gasteiger partial charge on any atom is -0.432 e. The van der Waals surface area contributed by atoms with Crippen LogP contribution in [-0.4, -0.2) is 48.9 Å². The number of hydrogen-bond donors (Lipinski definition) is 1. The fourth-order valence-electron chi connectivity index (χ4n) is 6.49. The number of hydrazine groups is 1. The zero-order chi connectivity index (χ0) is 22.2. The molecule has 2 saturated heterocycles. The van der Waals surface area contributed by atoms with Gasteiger partial charge in [-0.15, -0.1) is 0 Å². The molecule has 4 aromatic rings. The fourth-order valence-corrected chi connectivity index (χ4v) is 6.49. The topological polar surface area (TPSA) is 88.7 Å². The van der Waals surface area contributed by atoms with Crippen molar-refractivity contribution in [3.63, 3.8) is 0 Å². The number of halogens is 1. The summed E-state index contributed by atoms with van der Waals surface area (Å²) in [6, 6.07) is 8.34. The second kappa shape index (κ2) is 6.85. The van der Waals surface area contributed by atoms with Crippen molar-refractivity contribution in [2.75, 3.05) is 18.1 Å². The zero-order valence-electron chi connectivity index (χ0n) is 18.1. The number of nitrogens with two attached hydrogens (primary N) is 1. The van der Waals surface area contributed by atoms with E-state index < -0.39 is 0 Å². The lowest BCUT2D eigenvalue weighted by molar-refractivity contribution is -0.0187. The third-order valence-electron chi connectivity index (χ3n) is 7.98. The van der Waals surface area contributed by atoms with Crippen LogP contribution in [0.3, 0.4) is 0 Å². The Morgan fingerprint density at radius 2 is 2.03 bits per heavy atom. The molecular formula is C24H24FN7O. The Morgan fingerprint density at radius 1 is 1.15 bits per heavy atom. The molecule has 9 heteroatoms. The van der Waals surface area contributed by atoms with E-state index in [0.717, 1.165) is 23.7 Å². The van der Waals surface area contributed by atoms with Crippen LogP contribution in [0, 0.1) is 11.7 Å². The van der Waals surface area contributed by atoms with Crippen LogP contribution in [0.1, 0.15) is 25.7 Å². The second-order valence-corrected chi connectivity index (χ2v) is 9.35. The van der Waals surface area contributed by atoms with Gasteiger partial charge < -0.3 is 4.42 Å². The maximum Gasteiger partial charge on any atom is 0.306 e. The fraction of sp³-hybridized carbons (Fsp3) is 0.375. The van der Waals surface area contributed by atoms with Crippen LogP contribution >= 0.6 is 0 Å². The van der Waals surface area contributed by atoms with E-state index in [1.165, 1.54) is 44.4 Å². The van der Waals surface area contributed by atoms with Crippen LogP contribution in [0.4, 0.5) is 10.3 Å². The quantitative estimate of drug-likeness (QED) is 0.380. The first-order chi connectivity index (χ1) is 16.1. The Kier molecular flexibility index (Phi) is 3.98. The highest BCUT2D eigenvalue weighted by atomic mass is 19.1. The predicted molar refractivity (Wildman–Crippen MR) is 121 cm³/mol. The lowest BCUT2D eigenvalue weighted by atomic mass is 9.74. The lowest BCUT2D eigenvalue weighted by Gasteiger charge is -2.58. The molecule has 33 heavy (non-hydrogen) atoms. The van der Waals surface area contributed by atoms with Gasteiger partial charge in [-0.2, -0.15) is 4.98 Å². The van der Waals surface area contributed by atoms with Crippen LogP contribution in [-0.2, 0) is 0 Å². The summed E-state index contributed by atoms with van der Waals surface area (Å²) < 4.78 is 20.9. The van der Waals surface area contributed by atoms with Crippen LogP contribution in [0.25, 0.3) is 28.5 Å². The van der Waals surface area contributed by atoms with E-state index >= 15 is 0 Å². The number of nitrogens with zero attached hydrogens (tertiary/aromatic N) is 6. The van der Waals surface area contributed by atoms with Crippen molar-refractivity contribution in [2.45, 2.75) is 37.3 Å². The molecule has 0 bridgehead atoms. The van der Waals surface area contributed by atoms with Crippen molar-refractivity contribution < 1.29 is 8.81 Å². The first kappa shape index (κ1) is 19.2. The van der Waals surface area contributed by atoms with Crippen molar-refractivity contribution in [3.05, 3.63) is 54.8 Å². The average Bonchev–Trinajstić information content (AvgIpc) is 3.57. The lowest BCUT2D eigenvalue weighted by Crippen LogP contribution is -2.75. The third kappa shape index (κ3) is 2.60. The summed E-state index contributed by atoms with van der Waals surface area (Å²) in [4.78, 5) is 16.6. The predicted octanol–water partition coefficient (Wildman–Crippen LogP) is 3.50. The number of aromatic nitrogens is 4. The molecule has 3 aromatic heterocycles. The zero-order valence-corrected chi connectivity index (χ0v) is 18.1. The molecular weight excluding hydrogens is 421 g/mol. The van der Waals surface area contributed by atoms with Gasteiger partial charge in [-0.3, -0.25) is 14.3 Å². The van der Waals surface area contributed by atoms with E-state index in [-0.39, 0.29) is 17.4 Å². The molecule has 5 heterocycles. The van der Waals surface area contributed by atoms with Gasteiger partial charge >= 0.3 is 5.84 Å². The van der Waals surface area contributed by atoms with E-state index in [4.69, 9.17) is 15.2 Å². The number of benzene rings is 1. The molecule has 168 valence electrons. The molecule has 3 fully saturated rings. The monoisotopic (exact) mass is 445 g/mol. The molecule has 1 spiro atoms. The van der Waals surface area contributed by atoms with Crippen LogP contribution in [0.15, 0.2) is 53.4 Å². The first-order valence-electron chi connectivity index (χ1n) is 11.5. The van der Waals surface area contributed by atoms with Crippen molar-refractivity contribution >= 4 is 11.8 Å². The highest BCUT2D eigenvalue weighted by Gasteiger charge is 2.64. The van der Waals surface area contributed by atoms with Gasteiger partial charge in [0.25, 0.3) is 0 Å². The summed E-state index contributed by atoms with van der Waals surface area (Å²) in [6.07, 6.45) is 10.1. The largest absolute Gasteiger partial charge is 0.432 e. The maximum atomic E-state index is 13.5. The number of rotatable bonds is 4. The minimum absolute atomic E-state index is 0.182. The number of oxazole rings is 1. The summed E-state index contributed by atoms with van der Waals surface area (Å²) in [6.45, 7) is 2.13. The summed E-state index contributed by atoms with van der Waals surface area (Å²) >= 11 is 0. The van der Waals surface area contributed by atoms with Gasteiger partial charge in [-0.1, -0.05) is 6.42 Å². The Hall–Kier alpha value is -3.30.